The third kappa shape index (κ3) is 6.10. The molecule has 1 aromatic heterocycles. The van der Waals surface area contributed by atoms with E-state index >= 15 is 0 Å². The summed E-state index contributed by atoms with van der Waals surface area (Å²) in [4.78, 5) is 26.1. The molecule has 0 amide bonds. The molecule has 1 atom stereocenters. The molecule has 8 heteroatoms. The number of benzene rings is 2. The highest BCUT2D eigenvalue weighted by molar-refractivity contribution is 8.03. The van der Waals surface area contributed by atoms with Crippen LogP contribution >= 0.6 is 23.1 Å². The van der Waals surface area contributed by atoms with Gasteiger partial charge in [0.25, 0.3) is 5.01 Å². The highest BCUT2D eigenvalue weighted by Gasteiger charge is 2.28. The third-order valence-corrected chi connectivity index (χ3v) is 10.5. The van der Waals surface area contributed by atoms with Gasteiger partial charge in [-0.2, -0.15) is 4.57 Å². The van der Waals surface area contributed by atoms with Crippen molar-refractivity contribution < 1.29 is 24.4 Å². The van der Waals surface area contributed by atoms with Crippen LogP contribution < -0.4 is 9.47 Å². The van der Waals surface area contributed by atoms with Crippen LogP contribution in [0.15, 0.2) is 81.3 Å². The molecule has 0 spiro atoms. The molecule has 3 aromatic rings. The monoisotopic (exact) mass is 599 g/mol. The molecule has 2 aliphatic carbocycles. The number of allylic oxidation sites excluding steroid dienone is 6. The number of carbonyl (C=O) groups is 2. The number of hydrogen-bond acceptors (Lipinski definition) is 5. The fourth-order valence-electron chi connectivity index (χ4n) is 6.07. The van der Waals surface area contributed by atoms with Crippen molar-refractivity contribution in [2.45, 2.75) is 63.8 Å². The van der Waals surface area contributed by atoms with Gasteiger partial charge in [-0.3, -0.25) is 9.59 Å². The fourth-order valence-corrected chi connectivity index (χ4v) is 8.36. The summed E-state index contributed by atoms with van der Waals surface area (Å²) in [6, 6.07) is 12.8. The number of aromatic nitrogens is 1. The van der Waals surface area contributed by atoms with Crippen molar-refractivity contribution in [2.75, 3.05) is 11.4 Å². The second-order valence-electron chi connectivity index (χ2n) is 11.4. The largest absolute Gasteiger partial charge is 0.481 e. The molecule has 2 heterocycles. The van der Waals surface area contributed by atoms with Gasteiger partial charge >= 0.3 is 11.9 Å². The fraction of sp³-hybridized carbons (Fsp3) is 0.324. The number of fused-ring (bicyclic) bond motifs is 3. The van der Waals surface area contributed by atoms with Gasteiger partial charge in [-0.15, -0.1) is 0 Å². The summed E-state index contributed by atoms with van der Waals surface area (Å²) in [5, 5.41) is 20.9. The first-order valence-corrected chi connectivity index (χ1v) is 16.1. The van der Waals surface area contributed by atoms with E-state index in [2.05, 4.69) is 84.0 Å². The predicted molar refractivity (Wildman–Crippen MR) is 170 cm³/mol. The van der Waals surface area contributed by atoms with Crippen LogP contribution in [-0.4, -0.2) is 28.7 Å². The SMILES string of the molecule is Cc1ccc2c(c1)N(CCC(=O)O)/C(=C/C1=CC3=C/C(=C/c4sc5ccc(C)cc5[n+]4CCC(=O)O)CCC3CC1)S2. The average molecular weight is 600 g/mol. The molecule has 2 N–H and O–H groups in total. The summed E-state index contributed by atoms with van der Waals surface area (Å²) in [6.45, 7) is 5.04. The van der Waals surface area contributed by atoms with Gasteiger partial charge in [-0.25, -0.2) is 0 Å². The molecule has 0 bridgehead atoms. The first-order valence-electron chi connectivity index (χ1n) is 14.5. The highest BCUT2D eigenvalue weighted by atomic mass is 32.2. The Kier molecular flexibility index (Phi) is 8.10. The van der Waals surface area contributed by atoms with E-state index in [1.165, 1.54) is 37.4 Å². The van der Waals surface area contributed by atoms with Crippen LogP contribution in [0.4, 0.5) is 5.69 Å². The van der Waals surface area contributed by atoms with Crippen LogP contribution in [0.2, 0.25) is 0 Å². The molecule has 6 nitrogen and oxygen atoms in total. The quantitative estimate of drug-likeness (QED) is 0.259. The maximum Gasteiger partial charge on any atom is 0.309 e. The van der Waals surface area contributed by atoms with E-state index in [4.69, 9.17) is 0 Å². The van der Waals surface area contributed by atoms with Crippen molar-refractivity contribution in [2.24, 2.45) is 5.92 Å². The minimum absolute atomic E-state index is 0.0927. The zero-order valence-electron chi connectivity index (χ0n) is 23.9. The molecule has 216 valence electrons. The second-order valence-corrected chi connectivity index (χ2v) is 13.5. The minimum Gasteiger partial charge on any atom is -0.481 e. The number of aryl methyl sites for hydroxylation is 3. The van der Waals surface area contributed by atoms with Crippen LogP contribution in [0.5, 0.6) is 0 Å². The van der Waals surface area contributed by atoms with Gasteiger partial charge in [-0.05, 0) is 97.6 Å². The molecule has 0 radical (unpaired) electrons. The Balaban J connectivity index is 1.31. The van der Waals surface area contributed by atoms with Gasteiger partial charge < -0.3 is 15.1 Å². The lowest BCUT2D eigenvalue weighted by Gasteiger charge is -2.28. The van der Waals surface area contributed by atoms with Gasteiger partial charge in [0.2, 0.25) is 5.52 Å². The van der Waals surface area contributed by atoms with E-state index in [1.807, 2.05) is 0 Å². The molecule has 1 unspecified atom stereocenters. The average Bonchev–Trinajstić information content (AvgIpc) is 3.46. The van der Waals surface area contributed by atoms with E-state index < -0.39 is 11.9 Å². The van der Waals surface area contributed by atoms with Crippen molar-refractivity contribution >= 4 is 57.0 Å². The zero-order chi connectivity index (χ0) is 29.4. The Bertz CT molecular complexity index is 1710. The van der Waals surface area contributed by atoms with E-state index in [-0.39, 0.29) is 12.8 Å². The van der Waals surface area contributed by atoms with Crippen LogP contribution in [0.3, 0.4) is 0 Å². The van der Waals surface area contributed by atoms with Crippen LogP contribution in [0.1, 0.15) is 54.7 Å². The lowest BCUT2D eigenvalue weighted by atomic mass is 9.77. The van der Waals surface area contributed by atoms with Crippen LogP contribution in [0.25, 0.3) is 16.3 Å². The first kappa shape index (κ1) is 28.5. The smallest absolute Gasteiger partial charge is 0.309 e. The zero-order valence-corrected chi connectivity index (χ0v) is 25.6. The van der Waals surface area contributed by atoms with Crippen molar-refractivity contribution in [3.05, 3.63) is 92.5 Å². The third-order valence-electron chi connectivity index (χ3n) is 8.23. The number of aliphatic carboxylic acids is 2. The Hall–Kier alpha value is -3.62. The van der Waals surface area contributed by atoms with Crippen molar-refractivity contribution in [3.8, 4) is 0 Å². The molecular formula is C34H35N2O4S2+. The predicted octanol–water partition coefficient (Wildman–Crippen LogP) is 7.65. The van der Waals surface area contributed by atoms with Gasteiger partial charge in [0.05, 0.1) is 17.1 Å². The van der Waals surface area contributed by atoms with Gasteiger partial charge in [-0.1, -0.05) is 47.4 Å². The number of rotatable bonds is 8. The number of thiazole rings is 1. The van der Waals surface area contributed by atoms with E-state index in [9.17, 15) is 19.8 Å². The minimum atomic E-state index is -0.787. The van der Waals surface area contributed by atoms with Gasteiger partial charge in [0, 0.05) is 23.6 Å². The molecule has 0 saturated carbocycles. The number of carboxylic acids is 2. The summed E-state index contributed by atoms with van der Waals surface area (Å²) < 4.78 is 3.33. The Morgan fingerprint density at radius 1 is 0.976 bits per heavy atom. The molecule has 0 saturated heterocycles. The Labute approximate surface area is 254 Å². The van der Waals surface area contributed by atoms with Crippen molar-refractivity contribution in [1.29, 1.82) is 0 Å². The summed E-state index contributed by atoms with van der Waals surface area (Å²) in [7, 11) is 0. The van der Waals surface area contributed by atoms with Gasteiger partial charge in [0.1, 0.15) is 11.1 Å². The number of carboxylic acid groups (broad SMARTS) is 2. The number of anilines is 1. The normalized spacial score (nSPS) is 20.0. The number of hydrogen-bond donors (Lipinski definition) is 2. The molecule has 42 heavy (non-hydrogen) atoms. The molecule has 3 aliphatic rings. The highest BCUT2D eigenvalue weighted by Crippen LogP contribution is 2.48. The van der Waals surface area contributed by atoms with E-state index in [0.29, 0.717) is 19.0 Å². The van der Waals surface area contributed by atoms with Crippen LogP contribution in [0, 0.1) is 19.8 Å². The van der Waals surface area contributed by atoms with E-state index in [0.717, 1.165) is 46.9 Å². The lowest BCUT2D eigenvalue weighted by molar-refractivity contribution is -0.667. The molecule has 1 aliphatic heterocycles. The van der Waals surface area contributed by atoms with Gasteiger partial charge in [0.15, 0.2) is 6.54 Å². The Morgan fingerprint density at radius 2 is 1.74 bits per heavy atom. The summed E-state index contributed by atoms with van der Waals surface area (Å²) >= 11 is 3.44. The summed E-state index contributed by atoms with van der Waals surface area (Å²) in [5.41, 5.74) is 8.44. The Morgan fingerprint density at radius 3 is 2.55 bits per heavy atom. The maximum atomic E-state index is 11.4. The molecular weight excluding hydrogens is 565 g/mol. The summed E-state index contributed by atoms with van der Waals surface area (Å²) in [5.74, 6) is -1.03. The molecule has 2 aromatic carbocycles. The molecule has 6 rings (SSSR count). The number of thioether (sulfide) groups is 1. The standard InChI is InChI=1S/C34H34N2O4S2/c1-21-3-9-29-27(15-21)35(13-11-33(37)38)31(41-29)19-23-5-7-25-8-6-24(18-26(25)17-23)20-32-36(14-12-34(39)40)28-16-22(2)4-10-30(28)42-32/h3-4,9-10,15-20,25H,5-8,11-14H2,1-2H3,(H-,37,38,39,40)/p+1. The second kappa shape index (κ2) is 11.9. The van der Waals surface area contributed by atoms with Crippen LogP contribution in [-0.2, 0) is 16.1 Å². The first-order chi connectivity index (χ1) is 20.2. The summed E-state index contributed by atoms with van der Waals surface area (Å²) in [6.07, 6.45) is 13.6. The van der Waals surface area contributed by atoms with E-state index in [1.54, 1.807) is 23.1 Å². The maximum absolute atomic E-state index is 11.4. The lowest BCUT2D eigenvalue weighted by Crippen LogP contribution is -2.36. The van der Waals surface area contributed by atoms with Crippen molar-refractivity contribution in [3.63, 3.8) is 0 Å². The van der Waals surface area contributed by atoms with Crippen molar-refractivity contribution in [1.82, 2.24) is 0 Å². The number of nitrogens with zero attached hydrogens (tertiary/aromatic N) is 2. The topological polar surface area (TPSA) is 81.7 Å². The molecule has 0 fully saturated rings.